The van der Waals surface area contributed by atoms with E-state index in [9.17, 15) is 13.2 Å². The predicted molar refractivity (Wildman–Crippen MR) is 38.7 cm³/mol. The van der Waals surface area contributed by atoms with Crippen LogP contribution in [0.1, 0.15) is 5.56 Å². The lowest BCUT2D eigenvalue weighted by Crippen LogP contribution is -2.03. The summed E-state index contributed by atoms with van der Waals surface area (Å²) in [7, 11) is 0. The van der Waals surface area contributed by atoms with E-state index < -0.39 is 16.8 Å². The molecular weight excluding hydrogens is 199 g/mol. The minimum atomic E-state index is -4.40. The Labute approximate surface area is 69.6 Å². The van der Waals surface area contributed by atoms with Gasteiger partial charge in [0.15, 0.2) is 0 Å². The van der Waals surface area contributed by atoms with Crippen molar-refractivity contribution >= 4 is 27.9 Å². The van der Waals surface area contributed by atoms with Gasteiger partial charge in [-0.2, -0.15) is 13.2 Å². The van der Waals surface area contributed by atoms with Crippen LogP contribution in [0.5, 0.6) is 0 Å². The summed E-state index contributed by atoms with van der Waals surface area (Å²) in [5.74, 6) is 0. The lowest BCUT2D eigenvalue weighted by Gasteiger charge is -2.02. The maximum Gasteiger partial charge on any atom is 0.418 e. The fourth-order valence-electron chi connectivity index (χ4n) is 0.550. The van der Waals surface area contributed by atoms with Gasteiger partial charge in [0.25, 0.3) is 0 Å². The molecule has 11 heavy (non-hydrogen) atoms. The number of nitrogens with two attached hydrogens (primary N) is 1. The van der Waals surface area contributed by atoms with Crippen LogP contribution in [0.3, 0.4) is 0 Å². The monoisotopic (exact) mass is 201 g/mol. The van der Waals surface area contributed by atoms with E-state index in [1.807, 2.05) is 0 Å². The molecule has 0 aliphatic heterocycles. The lowest BCUT2D eigenvalue weighted by atomic mass is 10.3. The summed E-state index contributed by atoms with van der Waals surface area (Å²) in [5, 5.41) is 0.499. The van der Waals surface area contributed by atoms with Gasteiger partial charge in [-0.15, -0.1) is 11.3 Å². The first-order chi connectivity index (χ1) is 4.93. The molecule has 0 radical (unpaired) electrons. The molecule has 62 valence electrons. The van der Waals surface area contributed by atoms with Crippen LogP contribution in [-0.2, 0) is 6.18 Å². The Kier molecular flexibility index (Phi) is 2.02. The number of hydrogen-bond donors (Lipinski definition) is 1. The van der Waals surface area contributed by atoms with Crippen LogP contribution < -0.4 is 5.73 Å². The third-order valence-electron chi connectivity index (χ3n) is 1.06. The van der Waals surface area contributed by atoms with Gasteiger partial charge in [0.05, 0.1) is 10.6 Å². The maximum absolute atomic E-state index is 11.9. The zero-order valence-corrected chi connectivity index (χ0v) is 6.65. The zero-order chi connectivity index (χ0) is 8.65. The quantitative estimate of drug-likeness (QED) is 0.686. The second-order valence-corrected chi connectivity index (χ2v) is 3.11. The highest BCUT2D eigenvalue weighted by molar-refractivity contribution is 7.14. The number of hydrogen-bond acceptors (Lipinski definition) is 2. The fourth-order valence-corrected chi connectivity index (χ4v) is 1.62. The molecule has 1 nitrogen and oxygen atoms in total. The van der Waals surface area contributed by atoms with E-state index in [1.54, 1.807) is 0 Å². The molecule has 0 aliphatic rings. The second kappa shape index (κ2) is 2.57. The normalized spacial score (nSPS) is 12.0. The van der Waals surface area contributed by atoms with Crippen LogP contribution in [0.2, 0.25) is 5.02 Å². The first-order valence-corrected chi connectivity index (χ1v) is 3.78. The number of alkyl halides is 3. The number of nitrogen functional groups attached to an aromatic ring is 1. The van der Waals surface area contributed by atoms with Gasteiger partial charge in [-0.05, 0) is 0 Å². The third-order valence-corrected chi connectivity index (χ3v) is 2.39. The van der Waals surface area contributed by atoms with Crippen molar-refractivity contribution in [2.45, 2.75) is 6.18 Å². The van der Waals surface area contributed by atoms with Crippen molar-refractivity contribution < 1.29 is 13.2 Å². The molecule has 0 bridgehead atoms. The minimum absolute atomic E-state index is 0.000934. The summed E-state index contributed by atoms with van der Waals surface area (Å²) in [6.07, 6.45) is -4.40. The Morgan fingerprint density at radius 2 is 2.00 bits per heavy atom. The topological polar surface area (TPSA) is 26.0 Å². The van der Waals surface area contributed by atoms with Crippen molar-refractivity contribution in [3.05, 3.63) is 16.0 Å². The van der Waals surface area contributed by atoms with Crippen molar-refractivity contribution in [2.24, 2.45) is 0 Å². The zero-order valence-electron chi connectivity index (χ0n) is 5.07. The van der Waals surface area contributed by atoms with Gasteiger partial charge in [-0.25, -0.2) is 0 Å². The Morgan fingerprint density at radius 3 is 2.18 bits per heavy atom. The molecule has 0 atom stereocenters. The number of rotatable bonds is 0. The smallest absolute Gasteiger partial charge is 0.389 e. The summed E-state index contributed by atoms with van der Waals surface area (Å²) >= 11 is 6.04. The number of anilines is 1. The highest BCUT2D eigenvalue weighted by atomic mass is 35.5. The van der Waals surface area contributed by atoms with E-state index in [2.05, 4.69) is 0 Å². The second-order valence-electron chi connectivity index (χ2n) is 1.83. The van der Waals surface area contributed by atoms with Gasteiger partial charge in [-0.3, -0.25) is 0 Å². The molecule has 1 rings (SSSR count). The average Bonchev–Trinajstić information content (AvgIpc) is 2.11. The van der Waals surface area contributed by atoms with Crippen LogP contribution in [0, 0.1) is 0 Å². The number of thiophene rings is 1. The first kappa shape index (κ1) is 8.67. The molecule has 1 heterocycles. The molecule has 0 spiro atoms. The molecule has 0 aromatic carbocycles. The molecule has 0 saturated carbocycles. The van der Waals surface area contributed by atoms with Crippen LogP contribution in [-0.4, -0.2) is 0 Å². The van der Waals surface area contributed by atoms with E-state index in [4.69, 9.17) is 17.3 Å². The lowest BCUT2D eigenvalue weighted by molar-refractivity contribution is -0.137. The Hall–Kier alpha value is -0.420. The van der Waals surface area contributed by atoms with Crippen LogP contribution in [0.25, 0.3) is 0 Å². The molecule has 1 aromatic heterocycles. The molecule has 1 aromatic rings. The van der Waals surface area contributed by atoms with Crippen LogP contribution in [0.4, 0.5) is 18.2 Å². The molecular formula is C5H3ClF3NS. The molecule has 0 amide bonds. The van der Waals surface area contributed by atoms with Crippen LogP contribution >= 0.6 is 22.9 Å². The van der Waals surface area contributed by atoms with Gasteiger partial charge < -0.3 is 5.73 Å². The summed E-state index contributed by atoms with van der Waals surface area (Å²) < 4.78 is 35.8. The summed E-state index contributed by atoms with van der Waals surface area (Å²) in [4.78, 5) is 0. The minimum Gasteiger partial charge on any atom is -0.389 e. The predicted octanol–water partition coefficient (Wildman–Crippen LogP) is 3.00. The Morgan fingerprint density at radius 1 is 1.45 bits per heavy atom. The SMILES string of the molecule is Nc1scc(C(F)(F)F)c1Cl. The molecule has 0 fully saturated rings. The van der Waals surface area contributed by atoms with Gasteiger partial charge in [-0.1, -0.05) is 11.6 Å². The Balaban J connectivity index is 3.15. The van der Waals surface area contributed by atoms with Crippen molar-refractivity contribution in [1.29, 1.82) is 0 Å². The van der Waals surface area contributed by atoms with Crippen molar-refractivity contribution in [2.75, 3.05) is 5.73 Å². The van der Waals surface area contributed by atoms with Gasteiger partial charge >= 0.3 is 6.18 Å². The number of halogens is 4. The molecule has 2 N–H and O–H groups in total. The van der Waals surface area contributed by atoms with Crippen molar-refractivity contribution in [3.8, 4) is 0 Å². The van der Waals surface area contributed by atoms with E-state index in [0.717, 1.165) is 16.7 Å². The largest absolute Gasteiger partial charge is 0.418 e. The highest BCUT2D eigenvalue weighted by Gasteiger charge is 2.34. The fraction of sp³-hybridized carbons (Fsp3) is 0.200. The maximum atomic E-state index is 11.9. The molecule has 0 saturated heterocycles. The van der Waals surface area contributed by atoms with E-state index in [-0.39, 0.29) is 5.00 Å². The third kappa shape index (κ3) is 1.59. The van der Waals surface area contributed by atoms with Gasteiger partial charge in [0, 0.05) is 5.38 Å². The van der Waals surface area contributed by atoms with E-state index >= 15 is 0 Å². The van der Waals surface area contributed by atoms with Crippen molar-refractivity contribution in [3.63, 3.8) is 0 Å². The molecule has 0 unspecified atom stereocenters. The molecule has 0 aliphatic carbocycles. The van der Waals surface area contributed by atoms with Gasteiger partial charge in [0.1, 0.15) is 5.00 Å². The summed E-state index contributed by atoms with van der Waals surface area (Å²) in [6, 6.07) is 0. The standard InChI is InChI=1S/C5H3ClF3NS/c6-3-2(5(7,8)9)1-11-4(3)10/h1H,10H2. The highest BCUT2D eigenvalue weighted by Crippen LogP contribution is 2.40. The van der Waals surface area contributed by atoms with Crippen molar-refractivity contribution in [1.82, 2.24) is 0 Å². The average molecular weight is 202 g/mol. The van der Waals surface area contributed by atoms with Crippen LogP contribution in [0.15, 0.2) is 5.38 Å². The first-order valence-electron chi connectivity index (χ1n) is 2.52. The molecule has 6 heteroatoms. The van der Waals surface area contributed by atoms with E-state index in [1.165, 1.54) is 0 Å². The summed E-state index contributed by atoms with van der Waals surface area (Å²) in [5.41, 5.74) is 4.26. The van der Waals surface area contributed by atoms with Gasteiger partial charge in [0.2, 0.25) is 0 Å². The van der Waals surface area contributed by atoms with E-state index in [0.29, 0.717) is 0 Å². The Bertz CT molecular complexity index is 267. The summed E-state index contributed by atoms with van der Waals surface area (Å²) in [6.45, 7) is 0.